The molecular formula is C23H18ClF3N6O. The number of aromatic nitrogens is 4. The zero-order valence-electron chi connectivity index (χ0n) is 17.8. The van der Waals surface area contributed by atoms with E-state index in [9.17, 15) is 18.0 Å². The van der Waals surface area contributed by atoms with Crippen LogP contribution in [-0.4, -0.2) is 30.7 Å². The van der Waals surface area contributed by atoms with Gasteiger partial charge in [0.15, 0.2) is 0 Å². The van der Waals surface area contributed by atoms with Crippen molar-refractivity contribution in [2.45, 2.75) is 25.7 Å². The van der Waals surface area contributed by atoms with Crippen LogP contribution in [0.25, 0.3) is 10.9 Å². The van der Waals surface area contributed by atoms with E-state index in [0.717, 1.165) is 12.3 Å². The van der Waals surface area contributed by atoms with Crippen LogP contribution in [0.4, 0.5) is 19.0 Å². The van der Waals surface area contributed by atoms with Crippen LogP contribution in [-0.2, 0) is 12.7 Å². The van der Waals surface area contributed by atoms with Gasteiger partial charge in [0.05, 0.1) is 34.4 Å². The molecule has 0 saturated heterocycles. The van der Waals surface area contributed by atoms with Crippen molar-refractivity contribution in [2.24, 2.45) is 0 Å². The third-order valence-corrected chi connectivity index (χ3v) is 5.51. The summed E-state index contributed by atoms with van der Waals surface area (Å²) in [7, 11) is 0. The zero-order valence-corrected chi connectivity index (χ0v) is 18.5. The highest BCUT2D eigenvalue weighted by atomic mass is 35.5. The normalized spacial score (nSPS) is 12.5. The van der Waals surface area contributed by atoms with Crippen LogP contribution in [0.15, 0.2) is 61.1 Å². The molecular weight excluding hydrogens is 469 g/mol. The number of carbonyl (C=O) groups excluding carboxylic acids is 1. The Hall–Kier alpha value is -3.79. The van der Waals surface area contributed by atoms with Crippen molar-refractivity contribution in [3.63, 3.8) is 0 Å². The number of carbonyl (C=O) groups is 1. The molecule has 0 spiro atoms. The number of amides is 1. The molecule has 7 nitrogen and oxygen atoms in total. The number of pyridine rings is 2. The fourth-order valence-electron chi connectivity index (χ4n) is 3.41. The minimum atomic E-state index is -4.51. The number of nitrogens with zero attached hydrogens (tertiary/aromatic N) is 5. The van der Waals surface area contributed by atoms with E-state index in [4.69, 9.17) is 17.3 Å². The summed E-state index contributed by atoms with van der Waals surface area (Å²) in [6.07, 6.45) is -0.672. The second-order valence-electron chi connectivity index (χ2n) is 7.51. The third-order valence-electron chi connectivity index (χ3n) is 5.20. The van der Waals surface area contributed by atoms with Crippen molar-refractivity contribution in [2.75, 3.05) is 5.73 Å². The van der Waals surface area contributed by atoms with E-state index in [-0.39, 0.29) is 18.1 Å². The van der Waals surface area contributed by atoms with Crippen molar-refractivity contribution in [3.05, 3.63) is 88.7 Å². The Morgan fingerprint density at radius 2 is 1.85 bits per heavy atom. The van der Waals surface area contributed by atoms with Gasteiger partial charge in [-0.1, -0.05) is 11.6 Å². The molecule has 0 radical (unpaired) electrons. The van der Waals surface area contributed by atoms with Crippen LogP contribution in [0.3, 0.4) is 0 Å². The summed E-state index contributed by atoms with van der Waals surface area (Å²) in [5.74, 6) is 0.217. The monoisotopic (exact) mass is 486 g/mol. The summed E-state index contributed by atoms with van der Waals surface area (Å²) in [5, 5.41) is 0.880. The molecule has 11 heteroatoms. The van der Waals surface area contributed by atoms with Gasteiger partial charge in [0.1, 0.15) is 11.6 Å². The van der Waals surface area contributed by atoms with Crippen LogP contribution in [0, 0.1) is 0 Å². The minimum Gasteiger partial charge on any atom is -0.384 e. The second kappa shape index (κ2) is 9.22. The smallest absolute Gasteiger partial charge is 0.384 e. The number of halogens is 4. The van der Waals surface area contributed by atoms with Crippen molar-refractivity contribution < 1.29 is 18.0 Å². The number of benzene rings is 1. The first kappa shape index (κ1) is 23.4. The molecule has 4 aromatic rings. The van der Waals surface area contributed by atoms with Gasteiger partial charge in [0.25, 0.3) is 5.91 Å². The van der Waals surface area contributed by atoms with E-state index in [0.29, 0.717) is 27.3 Å². The van der Waals surface area contributed by atoms with Crippen molar-refractivity contribution in [1.29, 1.82) is 0 Å². The maximum absolute atomic E-state index is 13.6. The Morgan fingerprint density at radius 1 is 1.12 bits per heavy atom. The van der Waals surface area contributed by atoms with Crippen molar-refractivity contribution >= 4 is 34.2 Å². The van der Waals surface area contributed by atoms with E-state index in [1.54, 1.807) is 43.6 Å². The molecule has 0 unspecified atom stereocenters. The molecule has 2 N–H and O–H groups in total. The molecule has 0 aliphatic carbocycles. The van der Waals surface area contributed by atoms with E-state index >= 15 is 0 Å². The Bertz CT molecular complexity index is 1330. The molecule has 3 aromatic heterocycles. The molecule has 0 saturated carbocycles. The highest BCUT2D eigenvalue weighted by Gasteiger charge is 2.31. The molecule has 0 fully saturated rings. The summed E-state index contributed by atoms with van der Waals surface area (Å²) in [5.41, 5.74) is 5.97. The lowest BCUT2D eigenvalue weighted by atomic mass is 10.1. The molecule has 4 rings (SSSR count). The van der Waals surface area contributed by atoms with Gasteiger partial charge < -0.3 is 10.6 Å². The Morgan fingerprint density at radius 3 is 2.50 bits per heavy atom. The zero-order chi connectivity index (χ0) is 24.5. The third kappa shape index (κ3) is 4.91. The molecule has 3 heterocycles. The van der Waals surface area contributed by atoms with Gasteiger partial charge in [-0.05, 0) is 49.4 Å². The van der Waals surface area contributed by atoms with E-state index in [1.165, 1.54) is 17.0 Å². The largest absolute Gasteiger partial charge is 0.417 e. The fraction of sp³-hybridized carbons (Fsp3) is 0.174. The fourth-order valence-corrected chi connectivity index (χ4v) is 3.68. The van der Waals surface area contributed by atoms with E-state index in [1.807, 2.05) is 0 Å². The Kier molecular flexibility index (Phi) is 6.34. The topological polar surface area (TPSA) is 97.9 Å². The van der Waals surface area contributed by atoms with Crippen LogP contribution in [0.2, 0.25) is 5.02 Å². The van der Waals surface area contributed by atoms with Crippen LogP contribution >= 0.6 is 11.6 Å². The number of nitrogens with two attached hydrogens (primary N) is 1. The summed E-state index contributed by atoms with van der Waals surface area (Å²) in [4.78, 5) is 31.6. The van der Waals surface area contributed by atoms with Gasteiger partial charge in [-0.25, -0.2) is 15.0 Å². The number of hydrogen-bond donors (Lipinski definition) is 1. The molecule has 34 heavy (non-hydrogen) atoms. The van der Waals surface area contributed by atoms with Gasteiger partial charge in [-0.15, -0.1) is 0 Å². The number of hydrogen-bond acceptors (Lipinski definition) is 6. The van der Waals surface area contributed by atoms with Crippen LogP contribution in [0.5, 0.6) is 0 Å². The number of alkyl halides is 3. The predicted octanol–water partition coefficient (Wildman–Crippen LogP) is 5.08. The van der Waals surface area contributed by atoms with E-state index < -0.39 is 23.7 Å². The lowest BCUT2D eigenvalue weighted by Crippen LogP contribution is -2.34. The highest BCUT2D eigenvalue weighted by Crippen LogP contribution is 2.30. The average Bonchev–Trinajstić information content (AvgIpc) is 2.82. The first-order valence-corrected chi connectivity index (χ1v) is 10.5. The van der Waals surface area contributed by atoms with Crippen molar-refractivity contribution in [3.8, 4) is 0 Å². The molecule has 1 aromatic carbocycles. The minimum absolute atomic E-state index is 0.0673. The first-order valence-electron chi connectivity index (χ1n) is 10.1. The molecule has 0 aliphatic heterocycles. The summed E-state index contributed by atoms with van der Waals surface area (Å²) in [6, 6.07) is 9.51. The second-order valence-corrected chi connectivity index (χ2v) is 7.92. The quantitative estimate of drug-likeness (QED) is 0.422. The van der Waals surface area contributed by atoms with Crippen LogP contribution in [0.1, 0.15) is 40.4 Å². The van der Waals surface area contributed by atoms with Gasteiger partial charge in [0, 0.05) is 29.5 Å². The van der Waals surface area contributed by atoms with Gasteiger partial charge in [0.2, 0.25) is 0 Å². The molecule has 0 aliphatic rings. The summed E-state index contributed by atoms with van der Waals surface area (Å²) >= 11 is 6.29. The number of nitrogen functional groups attached to an aromatic ring is 1. The SMILES string of the molecule is C[C@H](c1ncccn1)N(Cc1ccc(C(F)(F)F)cn1)C(=O)c1ccc2nc(N)cc(Cl)c2c1. The standard InChI is InChI=1S/C23H18ClF3N6O/c1-13(21-29-7-2-8-30-21)33(12-16-5-4-15(11-31-16)23(25,26)27)22(34)14-3-6-19-17(9-14)18(24)10-20(28)32-19/h2-11,13H,12H2,1H3,(H2,28,32)/t13-/m1/s1. The molecule has 1 atom stereocenters. The highest BCUT2D eigenvalue weighted by molar-refractivity contribution is 6.35. The Balaban J connectivity index is 1.71. The van der Waals surface area contributed by atoms with Crippen LogP contribution < -0.4 is 5.73 Å². The number of anilines is 1. The first-order chi connectivity index (χ1) is 16.1. The van der Waals surface area contributed by atoms with Gasteiger partial charge >= 0.3 is 6.18 Å². The molecule has 1 amide bonds. The maximum Gasteiger partial charge on any atom is 0.417 e. The van der Waals surface area contributed by atoms with Gasteiger partial charge in [-0.2, -0.15) is 13.2 Å². The van der Waals surface area contributed by atoms with E-state index in [2.05, 4.69) is 19.9 Å². The summed E-state index contributed by atoms with van der Waals surface area (Å²) < 4.78 is 38.8. The number of rotatable bonds is 5. The summed E-state index contributed by atoms with van der Waals surface area (Å²) in [6.45, 7) is 1.66. The molecule has 0 bridgehead atoms. The van der Waals surface area contributed by atoms with Crippen molar-refractivity contribution in [1.82, 2.24) is 24.8 Å². The lowest BCUT2D eigenvalue weighted by molar-refractivity contribution is -0.137. The molecule has 174 valence electrons. The number of fused-ring (bicyclic) bond motifs is 1. The predicted molar refractivity (Wildman–Crippen MR) is 121 cm³/mol. The maximum atomic E-state index is 13.6. The Labute approximate surface area is 197 Å². The lowest BCUT2D eigenvalue weighted by Gasteiger charge is -2.28. The average molecular weight is 487 g/mol. The van der Waals surface area contributed by atoms with Gasteiger partial charge in [-0.3, -0.25) is 9.78 Å².